The van der Waals surface area contributed by atoms with Gasteiger partial charge in [0.2, 0.25) is 0 Å². The van der Waals surface area contributed by atoms with Crippen molar-refractivity contribution in [2.24, 2.45) is 17.8 Å². The van der Waals surface area contributed by atoms with Crippen LogP contribution in [0.4, 0.5) is 4.79 Å². The Balaban J connectivity index is 1.41. The minimum absolute atomic E-state index is 0.0327. The van der Waals surface area contributed by atoms with Crippen molar-refractivity contribution in [2.75, 3.05) is 40.0 Å². The van der Waals surface area contributed by atoms with E-state index in [0.717, 1.165) is 57.3 Å². The van der Waals surface area contributed by atoms with Crippen molar-refractivity contribution < 1.29 is 28.6 Å². The van der Waals surface area contributed by atoms with Crippen molar-refractivity contribution >= 4 is 18.0 Å². The summed E-state index contributed by atoms with van der Waals surface area (Å²) in [6.07, 6.45) is 7.74. The number of piperidine rings is 1. The average Bonchev–Trinajstić information content (AvgIpc) is 3.59. The van der Waals surface area contributed by atoms with Gasteiger partial charge in [0, 0.05) is 26.1 Å². The molecule has 4 rings (SSSR count). The van der Waals surface area contributed by atoms with Crippen molar-refractivity contribution in [2.45, 2.75) is 96.7 Å². The fourth-order valence-electron chi connectivity index (χ4n) is 6.80. The van der Waals surface area contributed by atoms with Gasteiger partial charge in [0.1, 0.15) is 12.1 Å². The number of amides is 1. The highest BCUT2D eigenvalue weighted by Crippen LogP contribution is 2.42. The number of likely N-dealkylation sites (tertiary alicyclic amines) is 2. The maximum atomic E-state index is 13.0. The molecule has 1 aromatic heterocycles. The molecule has 1 aliphatic carbocycles. The number of tetrazole rings is 1. The predicted octanol–water partition coefficient (Wildman–Crippen LogP) is 3.02. The molecule has 224 valence electrons. The van der Waals surface area contributed by atoms with Crippen LogP contribution in [0, 0.1) is 17.8 Å². The molecule has 0 aromatic carbocycles. The van der Waals surface area contributed by atoms with Gasteiger partial charge in [0.15, 0.2) is 5.82 Å². The molecule has 6 atom stereocenters. The summed E-state index contributed by atoms with van der Waals surface area (Å²) in [6, 6.07) is -0.999. The Kier molecular flexibility index (Phi) is 10.7. The first kappa shape index (κ1) is 30.2. The number of esters is 2. The first-order chi connectivity index (χ1) is 19.4. The van der Waals surface area contributed by atoms with Gasteiger partial charge in [0.05, 0.1) is 26.4 Å². The van der Waals surface area contributed by atoms with E-state index >= 15 is 0 Å². The van der Waals surface area contributed by atoms with Gasteiger partial charge >= 0.3 is 18.0 Å². The van der Waals surface area contributed by atoms with Crippen molar-refractivity contribution in [3.63, 3.8) is 0 Å². The lowest BCUT2D eigenvalue weighted by Gasteiger charge is -2.46. The number of unbranched alkanes of at least 4 members (excludes halogenated alkanes) is 2. The number of hydrogen-bond acceptors (Lipinski definition) is 10. The topological polar surface area (TPSA) is 129 Å². The lowest BCUT2D eigenvalue weighted by Crippen LogP contribution is -2.55. The van der Waals surface area contributed by atoms with Crippen LogP contribution in [0.2, 0.25) is 0 Å². The Hall–Kier alpha value is -2.76. The molecule has 12 nitrogen and oxygen atoms in total. The van der Waals surface area contributed by atoms with E-state index in [0.29, 0.717) is 50.3 Å². The summed E-state index contributed by atoms with van der Waals surface area (Å²) in [7, 11) is 1.35. The number of aryl methyl sites for hydroxylation is 1. The number of nitrogens with zero attached hydrogens (tertiary/aromatic N) is 6. The number of rotatable bonds is 11. The molecule has 1 saturated carbocycles. The lowest BCUT2D eigenvalue weighted by molar-refractivity contribution is -0.153. The van der Waals surface area contributed by atoms with Crippen LogP contribution >= 0.6 is 0 Å². The van der Waals surface area contributed by atoms with E-state index in [9.17, 15) is 14.4 Å². The Bertz CT molecular complexity index is 1000. The standard InChI is InChI=1S/C28H46N6O6/c1-5-8-9-10-25-29-31-34(30-25)22-15-23(26(35)39-6-2)32(18-22)16-19-11-12-20-17-33(28(37)38-4)24(14-21(20)13-19)27(36)40-7-3/h19-24H,5-18H2,1-4H3. The van der Waals surface area contributed by atoms with Gasteiger partial charge in [-0.25, -0.2) is 9.59 Å². The second-order valence-corrected chi connectivity index (χ2v) is 11.4. The lowest BCUT2D eigenvalue weighted by atomic mass is 9.69. The van der Waals surface area contributed by atoms with Crippen LogP contribution < -0.4 is 0 Å². The summed E-state index contributed by atoms with van der Waals surface area (Å²) in [5.41, 5.74) is 0. The molecule has 2 saturated heterocycles. The smallest absolute Gasteiger partial charge is 0.410 e. The second kappa shape index (κ2) is 14.2. The Morgan fingerprint density at radius 2 is 1.65 bits per heavy atom. The van der Waals surface area contributed by atoms with Crippen LogP contribution in [0.5, 0.6) is 0 Å². The van der Waals surface area contributed by atoms with Crippen molar-refractivity contribution in [1.29, 1.82) is 0 Å². The minimum atomic E-state index is -0.624. The molecular formula is C28H46N6O6. The second-order valence-electron chi connectivity index (χ2n) is 11.4. The van der Waals surface area contributed by atoms with Crippen LogP contribution in [0.1, 0.15) is 84.0 Å². The van der Waals surface area contributed by atoms with E-state index in [2.05, 4.69) is 27.2 Å². The summed E-state index contributed by atoms with van der Waals surface area (Å²) in [6.45, 7) is 8.33. The number of hydrogen-bond donors (Lipinski definition) is 0. The van der Waals surface area contributed by atoms with Crippen LogP contribution in [0.15, 0.2) is 0 Å². The molecule has 12 heteroatoms. The monoisotopic (exact) mass is 562 g/mol. The largest absolute Gasteiger partial charge is 0.465 e. The summed E-state index contributed by atoms with van der Waals surface area (Å²) in [4.78, 5) is 43.6. The van der Waals surface area contributed by atoms with E-state index in [1.807, 2.05) is 6.92 Å². The molecule has 3 aliphatic rings. The highest BCUT2D eigenvalue weighted by atomic mass is 16.6. The van der Waals surface area contributed by atoms with E-state index in [1.165, 1.54) is 7.11 Å². The molecule has 0 spiro atoms. The van der Waals surface area contributed by atoms with Gasteiger partial charge in [-0.2, -0.15) is 4.80 Å². The number of carbonyl (C=O) groups excluding carboxylic acids is 3. The van der Waals surface area contributed by atoms with Gasteiger partial charge < -0.3 is 14.2 Å². The van der Waals surface area contributed by atoms with E-state index in [1.54, 1.807) is 16.6 Å². The van der Waals surface area contributed by atoms with E-state index in [4.69, 9.17) is 14.2 Å². The molecule has 0 radical (unpaired) electrons. The van der Waals surface area contributed by atoms with Crippen molar-refractivity contribution in [3.05, 3.63) is 5.82 Å². The van der Waals surface area contributed by atoms with Gasteiger partial charge in [-0.1, -0.05) is 19.8 Å². The van der Waals surface area contributed by atoms with Crippen LogP contribution in [-0.4, -0.2) is 100 Å². The Morgan fingerprint density at radius 3 is 2.35 bits per heavy atom. The number of methoxy groups -OCH3 is 1. The molecule has 3 heterocycles. The molecule has 0 bridgehead atoms. The molecule has 1 aromatic rings. The molecule has 3 fully saturated rings. The maximum Gasteiger partial charge on any atom is 0.410 e. The molecule has 2 aliphatic heterocycles. The summed E-state index contributed by atoms with van der Waals surface area (Å²) < 4.78 is 15.7. The summed E-state index contributed by atoms with van der Waals surface area (Å²) in [5, 5.41) is 13.2. The molecule has 6 unspecified atom stereocenters. The minimum Gasteiger partial charge on any atom is -0.465 e. The third kappa shape index (κ3) is 7.11. The fourth-order valence-corrected chi connectivity index (χ4v) is 6.80. The van der Waals surface area contributed by atoms with Gasteiger partial charge in [-0.05, 0) is 75.3 Å². The van der Waals surface area contributed by atoms with Gasteiger partial charge in [-0.15, -0.1) is 10.2 Å². The third-order valence-corrected chi connectivity index (χ3v) is 8.78. The van der Waals surface area contributed by atoms with Crippen molar-refractivity contribution in [1.82, 2.24) is 30.0 Å². The zero-order valence-electron chi connectivity index (χ0n) is 24.5. The predicted molar refractivity (Wildman–Crippen MR) is 145 cm³/mol. The first-order valence-electron chi connectivity index (χ1n) is 15.1. The van der Waals surface area contributed by atoms with Crippen LogP contribution in [0.3, 0.4) is 0 Å². The molecular weight excluding hydrogens is 516 g/mol. The number of carbonyl (C=O) groups is 3. The zero-order valence-corrected chi connectivity index (χ0v) is 24.5. The van der Waals surface area contributed by atoms with E-state index in [-0.39, 0.29) is 30.6 Å². The highest BCUT2D eigenvalue weighted by molar-refractivity contribution is 5.81. The number of aromatic nitrogens is 4. The zero-order chi connectivity index (χ0) is 28.6. The van der Waals surface area contributed by atoms with Crippen LogP contribution in [0.25, 0.3) is 0 Å². The van der Waals surface area contributed by atoms with Gasteiger partial charge in [0.25, 0.3) is 0 Å². The van der Waals surface area contributed by atoms with Crippen LogP contribution in [-0.2, 0) is 30.2 Å². The average molecular weight is 563 g/mol. The quantitative estimate of drug-likeness (QED) is 0.225. The molecule has 1 amide bonds. The molecule has 0 N–H and O–H groups in total. The maximum absolute atomic E-state index is 13.0. The third-order valence-electron chi connectivity index (χ3n) is 8.78. The summed E-state index contributed by atoms with van der Waals surface area (Å²) in [5.74, 6) is 1.18. The first-order valence-corrected chi connectivity index (χ1v) is 15.1. The number of ether oxygens (including phenoxy) is 3. The highest BCUT2D eigenvalue weighted by Gasteiger charge is 2.46. The Morgan fingerprint density at radius 1 is 0.900 bits per heavy atom. The van der Waals surface area contributed by atoms with Crippen molar-refractivity contribution in [3.8, 4) is 0 Å². The normalized spacial score (nSPS) is 28.6. The summed E-state index contributed by atoms with van der Waals surface area (Å²) >= 11 is 0. The Labute approximate surface area is 237 Å². The SMILES string of the molecule is CCCCCc1nnn(C2CC(C(=O)OCC)N(CC3CCC4CN(C(=O)OC)C(C(=O)OCC)CC4C3)C2)n1. The van der Waals surface area contributed by atoms with E-state index < -0.39 is 12.1 Å². The van der Waals surface area contributed by atoms with Gasteiger partial charge in [-0.3, -0.25) is 14.6 Å². The number of fused-ring (bicyclic) bond motifs is 1. The molecule has 40 heavy (non-hydrogen) atoms. The fraction of sp³-hybridized carbons (Fsp3) is 0.857.